The van der Waals surface area contributed by atoms with E-state index in [1.807, 2.05) is 63.8 Å². The van der Waals surface area contributed by atoms with Crippen LogP contribution >= 0.6 is 11.3 Å². The first kappa shape index (κ1) is 30.5. The van der Waals surface area contributed by atoms with Gasteiger partial charge in [0.25, 0.3) is 0 Å². The Balaban J connectivity index is 1.46. The van der Waals surface area contributed by atoms with Crippen LogP contribution in [0, 0.1) is 6.57 Å². The molecule has 1 saturated heterocycles. The second-order valence-corrected chi connectivity index (χ2v) is 13.3. The Morgan fingerprint density at radius 3 is 2.56 bits per heavy atom. The van der Waals surface area contributed by atoms with E-state index in [0.717, 1.165) is 72.5 Å². The molecule has 10 heteroatoms. The average molecular weight is 602 g/mol. The van der Waals surface area contributed by atoms with Gasteiger partial charge in [-0.05, 0) is 90.0 Å². The van der Waals surface area contributed by atoms with Crippen molar-refractivity contribution in [3.63, 3.8) is 0 Å². The first-order valence-electron chi connectivity index (χ1n) is 15.0. The van der Waals surface area contributed by atoms with Gasteiger partial charge in [-0.2, -0.15) is 0 Å². The number of hydrogen-bond donors (Lipinski definition) is 0. The second-order valence-electron chi connectivity index (χ2n) is 12.4. The maximum Gasteiger partial charge on any atom is 0.411 e. The van der Waals surface area contributed by atoms with Gasteiger partial charge >= 0.3 is 6.09 Å². The lowest BCUT2D eigenvalue weighted by Gasteiger charge is -2.37. The number of ether oxygens (including phenoxy) is 2. The summed E-state index contributed by atoms with van der Waals surface area (Å²) in [6, 6.07) is 11.3. The molecule has 2 heterocycles. The first-order valence-corrected chi connectivity index (χ1v) is 15.8. The zero-order chi connectivity index (χ0) is 30.7. The molecule has 1 aliphatic heterocycles. The van der Waals surface area contributed by atoms with Crippen LogP contribution in [0.3, 0.4) is 0 Å². The van der Waals surface area contributed by atoms with Crippen molar-refractivity contribution in [1.82, 2.24) is 20.0 Å². The Kier molecular flexibility index (Phi) is 9.02. The molecule has 226 valence electrons. The number of rotatable bonds is 7. The van der Waals surface area contributed by atoms with Crippen molar-refractivity contribution < 1.29 is 19.1 Å². The molecule has 5 rings (SSSR count). The Hall–Kier alpha value is -3.97. The van der Waals surface area contributed by atoms with Gasteiger partial charge in [-0.15, -0.1) is 10.2 Å². The van der Waals surface area contributed by atoms with E-state index in [1.165, 1.54) is 11.3 Å². The Morgan fingerprint density at radius 2 is 1.86 bits per heavy atom. The number of carbonyl (C=O) groups is 2. The minimum atomic E-state index is -0.680. The lowest BCUT2D eigenvalue weighted by Crippen LogP contribution is -2.46. The van der Waals surface area contributed by atoms with Gasteiger partial charge in [0.1, 0.15) is 27.9 Å². The van der Waals surface area contributed by atoms with Gasteiger partial charge in [-0.1, -0.05) is 35.6 Å². The number of likely N-dealkylation sites (tertiary alicyclic amines) is 1. The molecule has 0 N–H and O–H groups in total. The zero-order valence-corrected chi connectivity index (χ0v) is 26.4. The Bertz CT molecular complexity index is 1530. The number of hydrogen-bond acceptors (Lipinski definition) is 7. The molecule has 2 amide bonds. The van der Waals surface area contributed by atoms with Crippen LogP contribution in [0.15, 0.2) is 36.4 Å². The standard InChI is InChI=1S/C33H39N5O4S/c1-21(2)41-28-16-15-22(19-26(28)34-6)30-35-36-31(43-30)25-13-9-12-24-23(25)11-10-14-27(24)38(32(40)42-33(3,4)5)20-29(39)37-17-7-8-18-37/h9,12-13,15-16,19,21,27H,7-8,10-11,14,17-18,20H2,1-5H3/t27-/m1/s1. The quantitative estimate of drug-likeness (QED) is 0.262. The van der Waals surface area contributed by atoms with Crippen molar-refractivity contribution in [2.75, 3.05) is 19.6 Å². The van der Waals surface area contributed by atoms with E-state index in [9.17, 15) is 9.59 Å². The largest absolute Gasteiger partial charge is 0.502 e. The highest BCUT2D eigenvalue weighted by atomic mass is 32.1. The maximum atomic E-state index is 13.6. The molecule has 0 spiro atoms. The van der Waals surface area contributed by atoms with Crippen LogP contribution in [0.5, 0.6) is 5.75 Å². The summed E-state index contributed by atoms with van der Waals surface area (Å²) < 4.78 is 11.6. The molecular weight excluding hydrogens is 562 g/mol. The van der Waals surface area contributed by atoms with Gasteiger partial charge in [-0.3, -0.25) is 9.69 Å². The van der Waals surface area contributed by atoms with Crippen LogP contribution in [-0.2, 0) is 16.0 Å². The highest BCUT2D eigenvalue weighted by Gasteiger charge is 2.36. The molecule has 9 nitrogen and oxygen atoms in total. The smallest absolute Gasteiger partial charge is 0.411 e. The molecule has 0 unspecified atom stereocenters. The van der Waals surface area contributed by atoms with E-state index in [4.69, 9.17) is 16.0 Å². The van der Waals surface area contributed by atoms with Crippen LogP contribution in [0.4, 0.5) is 10.5 Å². The molecular formula is C33H39N5O4S. The van der Waals surface area contributed by atoms with Crippen LogP contribution < -0.4 is 4.74 Å². The molecule has 1 atom stereocenters. The summed E-state index contributed by atoms with van der Waals surface area (Å²) in [4.78, 5) is 33.9. The van der Waals surface area contributed by atoms with Gasteiger partial charge < -0.3 is 14.4 Å². The second kappa shape index (κ2) is 12.7. The molecule has 0 radical (unpaired) electrons. The fourth-order valence-electron chi connectivity index (χ4n) is 5.72. The van der Waals surface area contributed by atoms with Crippen molar-refractivity contribution in [1.29, 1.82) is 0 Å². The molecule has 1 aliphatic carbocycles. The van der Waals surface area contributed by atoms with Crippen molar-refractivity contribution in [3.8, 4) is 26.9 Å². The molecule has 0 saturated carbocycles. The third kappa shape index (κ3) is 6.99. The van der Waals surface area contributed by atoms with E-state index in [2.05, 4.69) is 21.1 Å². The van der Waals surface area contributed by atoms with Crippen molar-refractivity contribution in [2.45, 2.75) is 84.5 Å². The lowest BCUT2D eigenvalue weighted by molar-refractivity contribution is -0.132. The number of benzene rings is 2. The monoisotopic (exact) mass is 601 g/mol. The highest BCUT2D eigenvalue weighted by Crippen LogP contribution is 2.42. The highest BCUT2D eigenvalue weighted by molar-refractivity contribution is 7.17. The molecule has 43 heavy (non-hydrogen) atoms. The molecule has 2 aliphatic rings. The summed E-state index contributed by atoms with van der Waals surface area (Å²) in [6.07, 6.45) is 3.93. The zero-order valence-electron chi connectivity index (χ0n) is 25.6. The minimum absolute atomic E-state index is 0.00783. The maximum absolute atomic E-state index is 13.6. The third-order valence-electron chi connectivity index (χ3n) is 7.59. The summed E-state index contributed by atoms with van der Waals surface area (Å²) in [5.74, 6) is 0.517. The normalized spacial score (nSPS) is 16.5. The predicted molar refractivity (Wildman–Crippen MR) is 167 cm³/mol. The minimum Gasteiger partial charge on any atom is -0.502 e. The van der Waals surface area contributed by atoms with Crippen molar-refractivity contribution in [3.05, 3.63) is 58.9 Å². The Morgan fingerprint density at radius 1 is 1.12 bits per heavy atom. The molecule has 1 fully saturated rings. The van der Waals surface area contributed by atoms with E-state index in [-0.39, 0.29) is 24.6 Å². The van der Waals surface area contributed by atoms with E-state index >= 15 is 0 Å². The molecule has 0 bridgehead atoms. The van der Waals surface area contributed by atoms with Crippen molar-refractivity contribution >= 4 is 29.0 Å². The first-order chi connectivity index (χ1) is 20.5. The number of fused-ring (bicyclic) bond motifs is 1. The summed E-state index contributed by atoms with van der Waals surface area (Å²) in [6.45, 7) is 18.5. The fourth-order valence-corrected chi connectivity index (χ4v) is 6.62. The summed E-state index contributed by atoms with van der Waals surface area (Å²) in [7, 11) is 0. The van der Waals surface area contributed by atoms with E-state index in [0.29, 0.717) is 16.4 Å². The topological polar surface area (TPSA) is 89.2 Å². The van der Waals surface area contributed by atoms with Gasteiger partial charge in [-0.25, -0.2) is 9.64 Å². The number of aromatic nitrogens is 2. The molecule has 1 aromatic heterocycles. The fraction of sp³-hybridized carbons (Fsp3) is 0.485. The van der Waals surface area contributed by atoms with E-state index < -0.39 is 11.7 Å². The summed E-state index contributed by atoms with van der Waals surface area (Å²) in [5, 5.41) is 10.5. The third-order valence-corrected chi connectivity index (χ3v) is 8.59. The predicted octanol–water partition coefficient (Wildman–Crippen LogP) is 7.45. The number of carbonyl (C=O) groups excluding carboxylic acids is 2. The van der Waals surface area contributed by atoms with Crippen LogP contribution in [0.1, 0.15) is 77.5 Å². The van der Waals surface area contributed by atoms with Crippen molar-refractivity contribution in [2.24, 2.45) is 0 Å². The average Bonchev–Trinajstić information content (AvgIpc) is 3.68. The van der Waals surface area contributed by atoms with Gasteiger partial charge in [0, 0.05) is 24.2 Å². The van der Waals surface area contributed by atoms with Crippen LogP contribution in [0.25, 0.3) is 26.0 Å². The van der Waals surface area contributed by atoms with Gasteiger partial charge in [0.15, 0.2) is 0 Å². The van der Waals surface area contributed by atoms with E-state index in [1.54, 1.807) is 11.0 Å². The molecule has 2 aromatic carbocycles. The van der Waals surface area contributed by atoms with Gasteiger partial charge in [0.05, 0.1) is 18.7 Å². The SMILES string of the molecule is [C-]#[N+]c1cc(-c2nnc(-c3cccc4c3CCC[C@H]4N(CC(=O)N3CCCC3)C(=O)OC(C)(C)C)s2)ccc1OC(C)C. The van der Waals surface area contributed by atoms with Gasteiger partial charge in [0.2, 0.25) is 11.6 Å². The van der Waals surface area contributed by atoms with Crippen LogP contribution in [0.2, 0.25) is 0 Å². The Labute approximate surface area is 257 Å². The number of nitrogens with zero attached hydrogens (tertiary/aromatic N) is 5. The molecule has 3 aromatic rings. The number of amides is 2. The summed E-state index contributed by atoms with van der Waals surface area (Å²) in [5.41, 5.74) is 3.68. The lowest BCUT2D eigenvalue weighted by atomic mass is 9.84. The van der Waals surface area contributed by atoms with Crippen LogP contribution in [-0.4, -0.2) is 63.3 Å². The summed E-state index contributed by atoms with van der Waals surface area (Å²) >= 11 is 1.47.